The fourth-order valence-corrected chi connectivity index (χ4v) is 3.37. The van der Waals surface area contributed by atoms with Crippen LogP contribution in [-0.2, 0) is 9.59 Å². The summed E-state index contributed by atoms with van der Waals surface area (Å²) in [5.41, 5.74) is 6.76. The SMILES string of the molecule is COc1ccc(C2/C(=C(/O)c3ccccc3)C(=O)C(=O)N2CCN)cc1OC. The lowest BCUT2D eigenvalue weighted by Crippen LogP contribution is -2.34. The van der Waals surface area contributed by atoms with E-state index in [0.29, 0.717) is 22.6 Å². The van der Waals surface area contributed by atoms with Crippen LogP contribution in [0, 0.1) is 0 Å². The average Bonchev–Trinajstić information content (AvgIpc) is 2.98. The molecule has 146 valence electrons. The number of Topliss-reactive ketones (excluding diaryl/α,β-unsaturated/α-hetero) is 1. The van der Waals surface area contributed by atoms with E-state index in [0.717, 1.165) is 0 Å². The van der Waals surface area contributed by atoms with E-state index < -0.39 is 17.7 Å². The summed E-state index contributed by atoms with van der Waals surface area (Å²) >= 11 is 0. The molecular formula is C21H22N2O5. The van der Waals surface area contributed by atoms with E-state index in [4.69, 9.17) is 15.2 Å². The average molecular weight is 382 g/mol. The summed E-state index contributed by atoms with van der Waals surface area (Å²) in [6.45, 7) is 0.358. The Labute approximate surface area is 163 Å². The van der Waals surface area contributed by atoms with Gasteiger partial charge in [-0.05, 0) is 17.7 Å². The van der Waals surface area contributed by atoms with Crippen molar-refractivity contribution in [2.45, 2.75) is 6.04 Å². The summed E-state index contributed by atoms with van der Waals surface area (Å²) < 4.78 is 10.6. The first-order chi connectivity index (χ1) is 13.5. The van der Waals surface area contributed by atoms with Crippen molar-refractivity contribution in [2.75, 3.05) is 27.3 Å². The van der Waals surface area contributed by atoms with Gasteiger partial charge in [0.15, 0.2) is 11.5 Å². The molecule has 0 aliphatic carbocycles. The minimum atomic E-state index is -0.774. The predicted molar refractivity (Wildman–Crippen MR) is 104 cm³/mol. The van der Waals surface area contributed by atoms with E-state index in [1.807, 2.05) is 0 Å². The number of carbonyl (C=O) groups is 2. The molecule has 1 amide bonds. The first-order valence-corrected chi connectivity index (χ1v) is 8.79. The molecule has 3 N–H and O–H groups in total. The number of rotatable bonds is 6. The third kappa shape index (κ3) is 3.32. The highest BCUT2D eigenvalue weighted by atomic mass is 16.5. The van der Waals surface area contributed by atoms with Crippen molar-refractivity contribution in [2.24, 2.45) is 5.73 Å². The minimum absolute atomic E-state index is 0.0249. The monoisotopic (exact) mass is 382 g/mol. The van der Waals surface area contributed by atoms with Crippen molar-refractivity contribution in [3.05, 3.63) is 65.2 Å². The molecule has 7 nitrogen and oxygen atoms in total. The maximum Gasteiger partial charge on any atom is 0.295 e. The molecule has 1 atom stereocenters. The van der Waals surface area contributed by atoms with Crippen molar-refractivity contribution in [1.82, 2.24) is 4.90 Å². The number of nitrogens with two attached hydrogens (primary N) is 1. The highest BCUT2D eigenvalue weighted by Gasteiger charge is 2.45. The number of aliphatic hydroxyl groups excluding tert-OH is 1. The largest absolute Gasteiger partial charge is 0.507 e. The van der Waals surface area contributed by atoms with E-state index in [1.54, 1.807) is 48.5 Å². The zero-order valence-electron chi connectivity index (χ0n) is 15.7. The lowest BCUT2D eigenvalue weighted by molar-refractivity contribution is -0.139. The van der Waals surface area contributed by atoms with Crippen LogP contribution in [0.3, 0.4) is 0 Å². The maximum absolute atomic E-state index is 12.8. The van der Waals surface area contributed by atoms with Gasteiger partial charge in [-0.2, -0.15) is 0 Å². The maximum atomic E-state index is 12.8. The van der Waals surface area contributed by atoms with Crippen LogP contribution >= 0.6 is 0 Å². The van der Waals surface area contributed by atoms with Gasteiger partial charge in [-0.3, -0.25) is 9.59 Å². The summed E-state index contributed by atoms with van der Waals surface area (Å²) in [6, 6.07) is 13.0. The Kier molecular flexibility index (Phi) is 5.65. The number of hydrogen-bond acceptors (Lipinski definition) is 6. The number of carbonyl (C=O) groups excluding carboxylic acids is 2. The van der Waals surface area contributed by atoms with Crippen molar-refractivity contribution in [3.63, 3.8) is 0 Å². The summed E-state index contributed by atoms with van der Waals surface area (Å²) in [5, 5.41) is 10.8. The molecule has 1 unspecified atom stereocenters. The van der Waals surface area contributed by atoms with Gasteiger partial charge in [-0.1, -0.05) is 36.4 Å². The Morgan fingerprint density at radius 2 is 1.75 bits per heavy atom. The van der Waals surface area contributed by atoms with E-state index in [9.17, 15) is 14.7 Å². The minimum Gasteiger partial charge on any atom is -0.507 e. The van der Waals surface area contributed by atoms with Crippen molar-refractivity contribution in [1.29, 1.82) is 0 Å². The van der Waals surface area contributed by atoms with Gasteiger partial charge in [0.25, 0.3) is 11.7 Å². The Hall–Kier alpha value is -3.32. The summed E-state index contributed by atoms with van der Waals surface area (Å²) in [4.78, 5) is 26.8. The summed E-state index contributed by atoms with van der Waals surface area (Å²) in [7, 11) is 3.02. The topological polar surface area (TPSA) is 102 Å². The molecule has 3 rings (SSSR count). The third-order valence-electron chi connectivity index (χ3n) is 4.68. The van der Waals surface area contributed by atoms with Crippen LogP contribution in [0.1, 0.15) is 17.2 Å². The molecular weight excluding hydrogens is 360 g/mol. The van der Waals surface area contributed by atoms with Crippen LogP contribution in [0.25, 0.3) is 5.76 Å². The molecule has 2 aromatic carbocycles. The van der Waals surface area contributed by atoms with Gasteiger partial charge >= 0.3 is 0 Å². The van der Waals surface area contributed by atoms with Gasteiger partial charge in [0.2, 0.25) is 0 Å². The molecule has 1 fully saturated rings. The third-order valence-corrected chi connectivity index (χ3v) is 4.68. The molecule has 1 saturated heterocycles. The zero-order chi connectivity index (χ0) is 20.3. The number of benzene rings is 2. The molecule has 1 aliphatic heterocycles. The second-order valence-corrected chi connectivity index (χ2v) is 6.26. The molecule has 1 aliphatic rings. The lowest BCUT2D eigenvalue weighted by atomic mass is 9.95. The molecule has 0 bridgehead atoms. The summed E-state index contributed by atoms with van der Waals surface area (Å²) in [5.74, 6) is -0.682. The van der Waals surface area contributed by atoms with Gasteiger partial charge in [0.1, 0.15) is 5.76 Å². The molecule has 2 aromatic rings. The van der Waals surface area contributed by atoms with E-state index in [1.165, 1.54) is 19.1 Å². The van der Waals surface area contributed by atoms with Crippen LogP contribution in [0.2, 0.25) is 0 Å². The molecule has 7 heteroatoms. The molecule has 0 radical (unpaired) electrons. The number of likely N-dealkylation sites (tertiary alicyclic amines) is 1. The summed E-state index contributed by atoms with van der Waals surface area (Å²) in [6.07, 6.45) is 0. The Bertz CT molecular complexity index is 924. The predicted octanol–water partition coefficient (Wildman–Crippen LogP) is 2.08. The fourth-order valence-electron chi connectivity index (χ4n) is 3.37. The number of aliphatic hydroxyl groups is 1. The number of ketones is 1. The Morgan fingerprint density at radius 3 is 2.36 bits per heavy atom. The first kappa shape index (κ1) is 19.4. The van der Waals surface area contributed by atoms with Crippen LogP contribution in [0.5, 0.6) is 11.5 Å². The highest BCUT2D eigenvalue weighted by molar-refractivity contribution is 6.46. The number of ether oxygens (including phenoxy) is 2. The first-order valence-electron chi connectivity index (χ1n) is 8.79. The van der Waals surface area contributed by atoms with Crippen molar-refractivity contribution >= 4 is 17.4 Å². The number of amides is 1. The van der Waals surface area contributed by atoms with E-state index in [-0.39, 0.29) is 24.4 Å². The lowest BCUT2D eigenvalue weighted by Gasteiger charge is -2.25. The van der Waals surface area contributed by atoms with E-state index in [2.05, 4.69) is 0 Å². The van der Waals surface area contributed by atoms with Gasteiger partial charge in [0.05, 0.1) is 25.8 Å². The molecule has 0 spiro atoms. The Balaban J connectivity index is 2.20. The number of nitrogens with zero attached hydrogens (tertiary/aromatic N) is 1. The zero-order valence-corrected chi connectivity index (χ0v) is 15.7. The second-order valence-electron chi connectivity index (χ2n) is 6.26. The second kappa shape index (κ2) is 8.14. The molecule has 0 aromatic heterocycles. The smallest absolute Gasteiger partial charge is 0.295 e. The van der Waals surface area contributed by atoms with E-state index >= 15 is 0 Å². The normalized spacial score (nSPS) is 18.4. The van der Waals surface area contributed by atoms with Gasteiger partial charge in [0, 0.05) is 18.7 Å². The Morgan fingerprint density at radius 1 is 1.07 bits per heavy atom. The van der Waals surface area contributed by atoms with Crippen LogP contribution in [-0.4, -0.2) is 49.0 Å². The van der Waals surface area contributed by atoms with Gasteiger partial charge in [-0.15, -0.1) is 0 Å². The van der Waals surface area contributed by atoms with Crippen molar-refractivity contribution < 1.29 is 24.2 Å². The number of hydrogen-bond donors (Lipinski definition) is 2. The molecule has 28 heavy (non-hydrogen) atoms. The van der Waals surface area contributed by atoms with Gasteiger partial charge in [-0.25, -0.2) is 0 Å². The fraction of sp³-hybridized carbons (Fsp3) is 0.238. The van der Waals surface area contributed by atoms with Crippen LogP contribution in [0.15, 0.2) is 54.1 Å². The standard InChI is InChI=1S/C21H22N2O5/c1-27-15-9-8-14(12-16(15)28-2)18-17(19(24)13-6-4-3-5-7-13)20(25)21(26)23(18)11-10-22/h3-9,12,18,24H,10-11,22H2,1-2H3/b19-17-. The van der Waals surface area contributed by atoms with Crippen LogP contribution < -0.4 is 15.2 Å². The molecule has 1 heterocycles. The van der Waals surface area contributed by atoms with Crippen LogP contribution in [0.4, 0.5) is 0 Å². The quantitative estimate of drug-likeness (QED) is 0.451. The highest BCUT2D eigenvalue weighted by Crippen LogP contribution is 2.41. The number of methoxy groups -OCH3 is 2. The molecule has 0 saturated carbocycles. The van der Waals surface area contributed by atoms with Gasteiger partial charge < -0.3 is 25.2 Å². The van der Waals surface area contributed by atoms with Crippen molar-refractivity contribution in [3.8, 4) is 11.5 Å².